The summed E-state index contributed by atoms with van der Waals surface area (Å²) in [5.41, 5.74) is 7.05. The summed E-state index contributed by atoms with van der Waals surface area (Å²) in [5.74, 6) is 2.84. The SMILES string of the molecule is CC1CC(Oc2cc3c(cc2N)OCCO3)CC(C)(C)C1. The first-order valence-electron chi connectivity index (χ1n) is 7.79. The van der Waals surface area contributed by atoms with E-state index in [4.69, 9.17) is 19.9 Å². The second kappa shape index (κ2) is 5.32. The number of benzene rings is 1. The van der Waals surface area contributed by atoms with E-state index in [9.17, 15) is 0 Å². The van der Waals surface area contributed by atoms with Crippen molar-refractivity contribution >= 4 is 5.69 Å². The van der Waals surface area contributed by atoms with Gasteiger partial charge in [-0.3, -0.25) is 0 Å². The minimum absolute atomic E-state index is 0.216. The van der Waals surface area contributed by atoms with Crippen LogP contribution in [0.1, 0.15) is 40.0 Å². The van der Waals surface area contributed by atoms with Crippen molar-refractivity contribution in [3.8, 4) is 17.2 Å². The van der Waals surface area contributed by atoms with Gasteiger partial charge in [-0.1, -0.05) is 20.8 Å². The Hall–Kier alpha value is -1.58. The number of nitrogens with two attached hydrogens (primary N) is 1. The third-order valence-corrected chi connectivity index (χ3v) is 4.31. The largest absolute Gasteiger partial charge is 0.488 e. The van der Waals surface area contributed by atoms with Crippen molar-refractivity contribution in [1.82, 2.24) is 0 Å². The Kier molecular flexibility index (Phi) is 3.64. The summed E-state index contributed by atoms with van der Waals surface area (Å²) in [6.45, 7) is 8.06. The minimum atomic E-state index is 0.216. The molecule has 0 bridgehead atoms. The molecule has 1 fully saturated rings. The second-order valence-electron chi connectivity index (χ2n) is 7.19. The van der Waals surface area contributed by atoms with Crippen LogP contribution in [0.15, 0.2) is 12.1 Å². The molecule has 21 heavy (non-hydrogen) atoms. The smallest absolute Gasteiger partial charge is 0.165 e. The summed E-state index contributed by atoms with van der Waals surface area (Å²) in [5, 5.41) is 0. The number of ether oxygens (including phenoxy) is 3. The molecule has 0 saturated heterocycles. The fourth-order valence-electron chi connectivity index (χ4n) is 3.72. The predicted molar refractivity (Wildman–Crippen MR) is 83.1 cm³/mol. The van der Waals surface area contributed by atoms with Crippen LogP contribution < -0.4 is 19.9 Å². The van der Waals surface area contributed by atoms with Gasteiger partial charge in [-0.2, -0.15) is 0 Å². The van der Waals surface area contributed by atoms with Gasteiger partial charge in [0.2, 0.25) is 0 Å². The molecule has 1 aromatic rings. The van der Waals surface area contributed by atoms with Gasteiger partial charge in [-0.05, 0) is 30.6 Å². The molecular formula is C17H25NO3. The Morgan fingerprint density at radius 1 is 1.14 bits per heavy atom. The zero-order valence-corrected chi connectivity index (χ0v) is 13.1. The first-order chi connectivity index (χ1) is 9.93. The number of hydrogen-bond donors (Lipinski definition) is 1. The van der Waals surface area contributed by atoms with Crippen LogP contribution >= 0.6 is 0 Å². The Balaban J connectivity index is 1.78. The molecule has 4 heteroatoms. The van der Waals surface area contributed by atoms with Crippen molar-refractivity contribution < 1.29 is 14.2 Å². The molecule has 116 valence electrons. The molecule has 2 aliphatic rings. The lowest BCUT2D eigenvalue weighted by Gasteiger charge is -2.39. The highest BCUT2D eigenvalue weighted by Gasteiger charge is 2.33. The van der Waals surface area contributed by atoms with Gasteiger partial charge < -0.3 is 19.9 Å². The number of hydrogen-bond acceptors (Lipinski definition) is 4. The molecule has 0 radical (unpaired) electrons. The minimum Gasteiger partial charge on any atom is -0.488 e. The Bertz CT molecular complexity index is 527. The van der Waals surface area contributed by atoms with E-state index < -0.39 is 0 Å². The molecule has 1 aliphatic carbocycles. The Morgan fingerprint density at radius 2 is 1.81 bits per heavy atom. The standard InChI is InChI=1S/C17H25NO3/c1-11-6-12(10-17(2,3)9-11)21-14-8-16-15(7-13(14)18)19-4-5-20-16/h7-8,11-12H,4-6,9-10,18H2,1-3H3. The average Bonchev–Trinajstić information content (AvgIpc) is 2.37. The predicted octanol–water partition coefficient (Wildman–Crippen LogP) is 3.63. The maximum atomic E-state index is 6.20. The summed E-state index contributed by atoms with van der Waals surface area (Å²) in [4.78, 5) is 0. The van der Waals surface area contributed by atoms with Gasteiger partial charge in [0.05, 0.1) is 11.8 Å². The third kappa shape index (κ3) is 3.20. The molecule has 2 atom stereocenters. The van der Waals surface area contributed by atoms with Crippen molar-refractivity contribution in [3.05, 3.63) is 12.1 Å². The van der Waals surface area contributed by atoms with Crippen LogP contribution in [0.4, 0.5) is 5.69 Å². The van der Waals surface area contributed by atoms with Gasteiger partial charge >= 0.3 is 0 Å². The van der Waals surface area contributed by atoms with Gasteiger partial charge in [0.1, 0.15) is 19.0 Å². The second-order valence-corrected chi connectivity index (χ2v) is 7.19. The van der Waals surface area contributed by atoms with Crippen LogP contribution in [0.25, 0.3) is 0 Å². The van der Waals surface area contributed by atoms with Crippen molar-refractivity contribution in [2.45, 2.75) is 46.1 Å². The van der Waals surface area contributed by atoms with E-state index in [2.05, 4.69) is 20.8 Å². The first-order valence-corrected chi connectivity index (χ1v) is 7.79. The van der Waals surface area contributed by atoms with Crippen LogP contribution in [0.3, 0.4) is 0 Å². The van der Waals surface area contributed by atoms with Crippen molar-refractivity contribution in [2.24, 2.45) is 11.3 Å². The molecule has 2 N–H and O–H groups in total. The lowest BCUT2D eigenvalue weighted by molar-refractivity contribution is 0.0563. The Morgan fingerprint density at radius 3 is 2.48 bits per heavy atom. The molecule has 2 unspecified atom stereocenters. The van der Waals surface area contributed by atoms with Crippen molar-refractivity contribution in [1.29, 1.82) is 0 Å². The monoisotopic (exact) mass is 291 g/mol. The number of anilines is 1. The number of fused-ring (bicyclic) bond motifs is 1. The van der Waals surface area contributed by atoms with Gasteiger partial charge in [0, 0.05) is 12.1 Å². The van der Waals surface area contributed by atoms with E-state index in [1.807, 2.05) is 6.07 Å². The number of nitrogen functional groups attached to an aromatic ring is 1. The van der Waals surface area contributed by atoms with E-state index >= 15 is 0 Å². The zero-order valence-electron chi connectivity index (χ0n) is 13.1. The topological polar surface area (TPSA) is 53.7 Å². The molecular weight excluding hydrogens is 266 g/mol. The normalized spacial score (nSPS) is 27.2. The highest BCUT2D eigenvalue weighted by molar-refractivity contribution is 5.62. The van der Waals surface area contributed by atoms with Gasteiger partial charge in [0.15, 0.2) is 11.5 Å². The summed E-state index contributed by atoms with van der Waals surface area (Å²) >= 11 is 0. The molecule has 3 rings (SSSR count). The average molecular weight is 291 g/mol. The molecule has 0 aromatic heterocycles. The molecule has 1 aromatic carbocycles. The summed E-state index contributed by atoms with van der Waals surface area (Å²) in [6.07, 6.45) is 3.61. The highest BCUT2D eigenvalue weighted by Crippen LogP contribution is 2.43. The maximum absolute atomic E-state index is 6.20. The quantitative estimate of drug-likeness (QED) is 0.845. The van der Waals surface area contributed by atoms with Crippen LogP contribution in [-0.4, -0.2) is 19.3 Å². The van der Waals surface area contributed by atoms with E-state index in [0.717, 1.165) is 18.6 Å². The lowest BCUT2D eigenvalue weighted by Crippen LogP contribution is -2.34. The van der Waals surface area contributed by atoms with Crippen LogP contribution in [0, 0.1) is 11.3 Å². The van der Waals surface area contributed by atoms with Gasteiger partial charge in [0.25, 0.3) is 0 Å². The summed E-state index contributed by atoms with van der Waals surface area (Å²) < 4.78 is 17.3. The summed E-state index contributed by atoms with van der Waals surface area (Å²) in [7, 11) is 0. The van der Waals surface area contributed by atoms with E-state index in [-0.39, 0.29) is 6.10 Å². The number of rotatable bonds is 2. The molecule has 0 amide bonds. The molecule has 4 nitrogen and oxygen atoms in total. The van der Waals surface area contributed by atoms with Gasteiger partial charge in [-0.25, -0.2) is 0 Å². The molecule has 0 spiro atoms. The van der Waals surface area contributed by atoms with Crippen LogP contribution in [0.2, 0.25) is 0 Å². The lowest BCUT2D eigenvalue weighted by atomic mass is 9.71. The maximum Gasteiger partial charge on any atom is 0.165 e. The van der Waals surface area contributed by atoms with Gasteiger partial charge in [-0.15, -0.1) is 0 Å². The van der Waals surface area contributed by atoms with E-state index in [0.29, 0.717) is 41.7 Å². The van der Waals surface area contributed by atoms with Crippen molar-refractivity contribution in [2.75, 3.05) is 18.9 Å². The van der Waals surface area contributed by atoms with Crippen LogP contribution in [-0.2, 0) is 0 Å². The fraction of sp³-hybridized carbons (Fsp3) is 0.647. The Labute approximate surface area is 126 Å². The third-order valence-electron chi connectivity index (χ3n) is 4.31. The summed E-state index contributed by atoms with van der Waals surface area (Å²) in [6, 6.07) is 3.68. The van der Waals surface area contributed by atoms with Crippen molar-refractivity contribution in [3.63, 3.8) is 0 Å². The fourth-order valence-corrected chi connectivity index (χ4v) is 3.72. The molecule has 1 saturated carbocycles. The van der Waals surface area contributed by atoms with E-state index in [1.165, 1.54) is 6.42 Å². The highest BCUT2D eigenvalue weighted by atomic mass is 16.6. The van der Waals surface area contributed by atoms with Crippen LogP contribution in [0.5, 0.6) is 17.2 Å². The molecule has 1 heterocycles. The molecule has 1 aliphatic heterocycles. The first kappa shape index (κ1) is 14.4. The van der Waals surface area contributed by atoms with E-state index in [1.54, 1.807) is 6.07 Å². The zero-order chi connectivity index (χ0) is 15.0.